The normalized spacial score (nSPS) is 16.6. The minimum atomic E-state index is 0.0347. The van der Waals surface area contributed by atoms with Gasteiger partial charge in [0.05, 0.1) is 18.2 Å². The Morgan fingerprint density at radius 2 is 2.07 bits per heavy atom. The monoisotopic (exact) mass is 384 g/mol. The molecular formula is C19H21ClN6O. The van der Waals surface area contributed by atoms with Crippen molar-refractivity contribution in [1.82, 2.24) is 29.9 Å². The van der Waals surface area contributed by atoms with Crippen molar-refractivity contribution in [1.29, 1.82) is 0 Å². The molecule has 1 unspecified atom stereocenters. The number of carbonyl (C=O) groups excluding carboxylic acids is 1. The molecule has 0 bridgehead atoms. The van der Waals surface area contributed by atoms with Crippen molar-refractivity contribution in [3.63, 3.8) is 0 Å². The van der Waals surface area contributed by atoms with E-state index < -0.39 is 0 Å². The molecule has 7 nitrogen and oxygen atoms in total. The van der Waals surface area contributed by atoms with Crippen LogP contribution in [0.5, 0.6) is 0 Å². The van der Waals surface area contributed by atoms with Crippen LogP contribution in [0.15, 0.2) is 36.7 Å². The minimum Gasteiger partial charge on any atom is -0.353 e. The third-order valence-corrected chi connectivity index (χ3v) is 5.10. The zero-order chi connectivity index (χ0) is 18.8. The Kier molecular flexibility index (Phi) is 4.94. The highest BCUT2D eigenvalue weighted by Gasteiger charge is 2.22. The van der Waals surface area contributed by atoms with Crippen molar-refractivity contribution in [2.45, 2.75) is 38.3 Å². The number of rotatable bonds is 4. The Labute approximate surface area is 162 Å². The first-order chi connectivity index (χ1) is 13.1. The third kappa shape index (κ3) is 4.03. The zero-order valence-corrected chi connectivity index (χ0v) is 15.9. The van der Waals surface area contributed by atoms with Gasteiger partial charge in [-0.15, -0.1) is 10.2 Å². The molecule has 2 aromatic heterocycles. The SMILES string of the molecule is Cn1cc(-c2nnc3n2CCC(NC(=O)Cc2ccc(Cl)cc2)CC3)cn1. The van der Waals surface area contributed by atoms with Crippen LogP contribution in [0.2, 0.25) is 5.02 Å². The predicted octanol–water partition coefficient (Wildman–Crippen LogP) is 2.40. The van der Waals surface area contributed by atoms with Gasteiger partial charge in [-0.25, -0.2) is 0 Å². The van der Waals surface area contributed by atoms with Crippen LogP contribution in [0.3, 0.4) is 0 Å². The summed E-state index contributed by atoms with van der Waals surface area (Å²) in [5.41, 5.74) is 1.92. The summed E-state index contributed by atoms with van der Waals surface area (Å²) in [6.45, 7) is 0.776. The first kappa shape index (κ1) is 17.7. The van der Waals surface area contributed by atoms with Crippen molar-refractivity contribution < 1.29 is 4.79 Å². The lowest BCUT2D eigenvalue weighted by molar-refractivity contribution is -0.121. The molecule has 140 valence electrons. The van der Waals surface area contributed by atoms with Crippen LogP contribution in [0, 0.1) is 0 Å². The topological polar surface area (TPSA) is 77.6 Å². The van der Waals surface area contributed by atoms with Gasteiger partial charge in [0, 0.05) is 37.3 Å². The van der Waals surface area contributed by atoms with Gasteiger partial charge in [-0.3, -0.25) is 9.48 Å². The van der Waals surface area contributed by atoms with Gasteiger partial charge < -0.3 is 9.88 Å². The van der Waals surface area contributed by atoms with E-state index in [1.807, 2.05) is 37.5 Å². The first-order valence-electron chi connectivity index (χ1n) is 9.03. The molecule has 1 aliphatic rings. The van der Waals surface area contributed by atoms with Crippen LogP contribution < -0.4 is 5.32 Å². The van der Waals surface area contributed by atoms with Crippen LogP contribution in [-0.4, -0.2) is 36.5 Å². The number of nitrogens with zero attached hydrogens (tertiary/aromatic N) is 5. The van der Waals surface area contributed by atoms with Gasteiger partial charge in [-0.05, 0) is 30.5 Å². The molecule has 0 saturated carbocycles. The van der Waals surface area contributed by atoms with Gasteiger partial charge in [0.15, 0.2) is 5.82 Å². The molecule has 3 heterocycles. The van der Waals surface area contributed by atoms with Gasteiger partial charge in [-0.2, -0.15) is 5.10 Å². The highest BCUT2D eigenvalue weighted by molar-refractivity contribution is 6.30. The van der Waals surface area contributed by atoms with Crippen LogP contribution >= 0.6 is 11.6 Å². The van der Waals surface area contributed by atoms with E-state index in [-0.39, 0.29) is 11.9 Å². The molecule has 1 N–H and O–H groups in total. The number of fused-ring (bicyclic) bond motifs is 1. The predicted molar refractivity (Wildman–Crippen MR) is 102 cm³/mol. The number of halogens is 1. The maximum Gasteiger partial charge on any atom is 0.224 e. The van der Waals surface area contributed by atoms with Crippen LogP contribution in [0.4, 0.5) is 0 Å². The summed E-state index contributed by atoms with van der Waals surface area (Å²) in [5.74, 6) is 1.84. The zero-order valence-electron chi connectivity index (χ0n) is 15.1. The number of hydrogen-bond donors (Lipinski definition) is 1. The molecule has 4 rings (SSSR count). The molecular weight excluding hydrogens is 364 g/mol. The van der Waals surface area contributed by atoms with Crippen molar-refractivity contribution >= 4 is 17.5 Å². The highest BCUT2D eigenvalue weighted by Crippen LogP contribution is 2.22. The first-order valence-corrected chi connectivity index (χ1v) is 9.41. The van der Waals surface area contributed by atoms with Crippen molar-refractivity contribution in [2.24, 2.45) is 7.05 Å². The average Bonchev–Trinajstić information content (AvgIpc) is 3.20. The summed E-state index contributed by atoms with van der Waals surface area (Å²) >= 11 is 5.89. The second-order valence-corrected chi connectivity index (χ2v) is 7.33. The maximum absolute atomic E-state index is 12.4. The molecule has 1 aliphatic heterocycles. The second-order valence-electron chi connectivity index (χ2n) is 6.89. The molecule has 3 aromatic rings. The minimum absolute atomic E-state index is 0.0347. The number of nitrogens with one attached hydrogen (secondary N) is 1. The summed E-state index contributed by atoms with van der Waals surface area (Å²) in [6, 6.07) is 7.52. The fourth-order valence-electron chi connectivity index (χ4n) is 3.45. The Balaban J connectivity index is 1.39. The summed E-state index contributed by atoms with van der Waals surface area (Å²) < 4.78 is 3.90. The van der Waals surface area contributed by atoms with E-state index >= 15 is 0 Å². The Morgan fingerprint density at radius 3 is 2.81 bits per heavy atom. The molecule has 8 heteroatoms. The Morgan fingerprint density at radius 1 is 1.26 bits per heavy atom. The quantitative estimate of drug-likeness (QED) is 0.749. The van der Waals surface area contributed by atoms with Gasteiger partial charge >= 0.3 is 0 Å². The van der Waals surface area contributed by atoms with Crippen LogP contribution in [0.25, 0.3) is 11.4 Å². The number of carbonyl (C=O) groups is 1. The molecule has 0 fully saturated rings. The lowest BCUT2D eigenvalue weighted by atomic mass is 10.1. The average molecular weight is 385 g/mol. The number of amides is 1. The van der Waals surface area contributed by atoms with E-state index in [4.69, 9.17) is 11.6 Å². The van der Waals surface area contributed by atoms with E-state index in [1.54, 1.807) is 10.9 Å². The largest absolute Gasteiger partial charge is 0.353 e. The molecule has 1 aromatic carbocycles. The Hall–Kier alpha value is -2.67. The molecule has 0 spiro atoms. The van der Waals surface area contributed by atoms with E-state index in [9.17, 15) is 4.79 Å². The molecule has 1 atom stereocenters. The van der Waals surface area contributed by atoms with Crippen molar-refractivity contribution in [3.8, 4) is 11.4 Å². The lowest BCUT2D eigenvalue weighted by Gasteiger charge is -2.16. The number of aryl methyl sites for hydroxylation is 2. The Bertz CT molecular complexity index is 946. The molecule has 0 radical (unpaired) electrons. The van der Waals surface area contributed by atoms with E-state index in [0.29, 0.717) is 11.4 Å². The summed E-state index contributed by atoms with van der Waals surface area (Å²) in [5, 5.41) is 16.7. The van der Waals surface area contributed by atoms with Gasteiger partial charge in [0.25, 0.3) is 0 Å². The van der Waals surface area contributed by atoms with E-state index in [1.165, 1.54) is 0 Å². The number of benzene rings is 1. The van der Waals surface area contributed by atoms with Gasteiger partial charge in [0.2, 0.25) is 5.91 Å². The maximum atomic E-state index is 12.4. The fraction of sp³-hybridized carbons (Fsp3) is 0.368. The molecule has 0 aliphatic carbocycles. The van der Waals surface area contributed by atoms with Gasteiger partial charge in [0.1, 0.15) is 5.82 Å². The third-order valence-electron chi connectivity index (χ3n) is 4.85. The summed E-state index contributed by atoms with van der Waals surface area (Å²) in [6.07, 6.45) is 6.60. The van der Waals surface area contributed by atoms with E-state index in [0.717, 1.165) is 48.6 Å². The standard InChI is InChI=1S/C19H21ClN6O/c1-25-12-14(11-21-25)19-24-23-17-7-6-16(8-9-26(17)19)22-18(27)10-13-2-4-15(20)5-3-13/h2-5,11-12,16H,6-10H2,1H3,(H,22,27). The van der Waals surface area contributed by atoms with Crippen LogP contribution in [0.1, 0.15) is 24.2 Å². The molecule has 27 heavy (non-hydrogen) atoms. The molecule has 1 amide bonds. The number of hydrogen-bond acceptors (Lipinski definition) is 4. The fourth-order valence-corrected chi connectivity index (χ4v) is 3.57. The highest BCUT2D eigenvalue weighted by atomic mass is 35.5. The van der Waals surface area contributed by atoms with Gasteiger partial charge in [-0.1, -0.05) is 23.7 Å². The molecule has 0 saturated heterocycles. The van der Waals surface area contributed by atoms with Crippen molar-refractivity contribution in [2.75, 3.05) is 0 Å². The van der Waals surface area contributed by atoms with Crippen molar-refractivity contribution in [3.05, 3.63) is 53.1 Å². The summed E-state index contributed by atoms with van der Waals surface area (Å²) in [7, 11) is 1.88. The number of aromatic nitrogens is 5. The summed E-state index contributed by atoms with van der Waals surface area (Å²) in [4.78, 5) is 12.4. The lowest BCUT2D eigenvalue weighted by Crippen LogP contribution is -2.36. The van der Waals surface area contributed by atoms with E-state index in [2.05, 4.69) is 25.2 Å². The van der Waals surface area contributed by atoms with Crippen LogP contribution in [-0.2, 0) is 31.2 Å². The second kappa shape index (κ2) is 7.52. The smallest absolute Gasteiger partial charge is 0.224 e.